The number of hydrogen-bond donors (Lipinski definition) is 1. The molecule has 2 heterocycles. The van der Waals surface area contributed by atoms with Crippen molar-refractivity contribution in [3.05, 3.63) is 53.2 Å². The summed E-state index contributed by atoms with van der Waals surface area (Å²) in [5.74, 6) is 1.56. The van der Waals surface area contributed by atoms with Crippen LogP contribution in [0.2, 0.25) is 0 Å². The van der Waals surface area contributed by atoms with Gasteiger partial charge in [0.15, 0.2) is 11.5 Å². The molecule has 0 amide bonds. The highest BCUT2D eigenvalue weighted by Crippen LogP contribution is 2.39. The molecule has 1 N–H and O–H groups in total. The van der Waals surface area contributed by atoms with E-state index in [1.165, 1.54) is 24.0 Å². The summed E-state index contributed by atoms with van der Waals surface area (Å²) in [4.78, 5) is 4.25. The highest BCUT2D eigenvalue weighted by atomic mass is 16.3. The van der Waals surface area contributed by atoms with Gasteiger partial charge in [-0.1, -0.05) is 24.3 Å². The predicted molar refractivity (Wildman–Crippen MR) is 98.7 cm³/mol. The average Bonchev–Trinajstić information content (AvgIpc) is 3.54. The Morgan fingerprint density at radius 2 is 1.77 bits per heavy atom. The molecule has 6 heteroatoms. The molecule has 2 aliphatic rings. The Morgan fingerprint density at radius 1 is 1.04 bits per heavy atom. The van der Waals surface area contributed by atoms with Crippen LogP contribution in [-0.2, 0) is 6.42 Å². The number of aromatic nitrogens is 2. The second-order valence-corrected chi connectivity index (χ2v) is 7.11. The van der Waals surface area contributed by atoms with Crippen molar-refractivity contribution in [2.24, 2.45) is 0 Å². The number of nitriles is 1. The fourth-order valence-electron chi connectivity index (χ4n) is 3.49. The van der Waals surface area contributed by atoms with Crippen molar-refractivity contribution >= 4 is 5.82 Å². The Labute approximate surface area is 153 Å². The van der Waals surface area contributed by atoms with Crippen LogP contribution in [0.15, 0.2) is 36.4 Å². The third-order valence-corrected chi connectivity index (χ3v) is 5.27. The summed E-state index contributed by atoms with van der Waals surface area (Å²) < 4.78 is 0. The minimum absolute atomic E-state index is 0.329. The first kappa shape index (κ1) is 17.0. The predicted octanol–water partition coefficient (Wildman–Crippen LogP) is 1.91. The number of anilines is 1. The maximum absolute atomic E-state index is 10.6. The molecule has 2 fully saturated rings. The van der Waals surface area contributed by atoms with Crippen LogP contribution >= 0.6 is 0 Å². The maximum atomic E-state index is 10.6. The topological polar surface area (TPSA) is 76.3 Å². The van der Waals surface area contributed by atoms with Gasteiger partial charge in [-0.2, -0.15) is 5.26 Å². The van der Waals surface area contributed by atoms with Gasteiger partial charge in [-0.05, 0) is 42.0 Å². The zero-order valence-electron chi connectivity index (χ0n) is 14.8. The third-order valence-electron chi connectivity index (χ3n) is 5.27. The number of nitrogens with zero attached hydrogens (tertiary/aromatic N) is 5. The van der Waals surface area contributed by atoms with Gasteiger partial charge >= 0.3 is 0 Å². The molecule has 1 aliphatic heterocycles. The van der Waals surface area contributed by atoms with Crippen molar-refractivity contribution in [3.8, 4) is 6.07 Å². The molecule has 4 rings (SSSR count). The first-order valence-electron chi connectivity index (χ1n) is 9.22. The number of piperazine rings is 1. The van der Waals surface area contributed by atoms with Gasteiger partial charge in [0.25, 0.3) is 0 Å². The van der Waals surface area contributed by atoms with E-state index in [-0.39, 0.29) is 0 Å². The molecular weight excluding hydrogens is 326 g/mol. The molecule has 1 saturated carbocycles. The molecule has 1 saturated heterocycles. The molecule has 1 aromatic carbocycles. The molecule has 6 nitrogen and oxygen atoms in total. The molecule has 1 atom stereocenters. The van der Waals surface area contributed by atoms with E-state index in [4.69, 9.17) is 5.26 Å². The largest absolute Gasteiger partial charge is 0.378 e. The number of hydrogen-bond acceptors (Lipinski definition) is 6. The van der Waals surface area contributed by atoms with Gasteiger partial charge in [-0.3, -0.25) is 4.90 Å². The van der Waals surface area contributed by atoms with Crippen LogP contribution < -0.4 is 4.90 Å². The summed E-state index contributed by atoms with van der Waals surface area (Å²) in [7, 11) is 0. The Hall–Kier alpha value is -2.49. The molecule has 26 heavy (non-hydrogen) atoms. The second kappa shape index (κ2) is 7.40. The van der Waals surface area contributed by atoms with E-state index >= 15 is 0 Å². The summed E-state index contributed by atoms with van der Waals surface area (Å²) in [6.45, 7) is 3.14. The Bertz CT molecular complexity index is 771. The molecule has 0 spiro atoms. The van der Waals surface area contributed by atoms with Gasteiger partial charge < -0.3 is 10.0 Å². The van der Waals surface area contributed by atoms with Gasteiger partial charge in [0.1, 0.15) is 12.3 Å². The normalized spacial score (nSPS) is 19.2. The number of aliphatic hydroxyl groups is 1. The van der Waals surface area contributed by atoms with Crippen LogP contribution in [0.4, 0.5) is 5.82 Å². The third kappa shape index (κ3) is 3.85. The monoisotopic (exact) mass is 349 g/mol. The summed E-state index contributed by atoms with van der Waals surface area (Å²) in [6.07, 6.45) is 2.82. The number of aliphatic hydroxyl groups excluding tert-OH is 1. The molecule has 0 bridgehead atoms. The maximum Gasteiger partial charge on any atom is 0.163 e. The Balaban J connectivity index is 1.29. The van der Waals surface area contributed by atoms with Gasteiger partial charge in [-0.25, -0.2) is 0 Å². The van der Waals surface area contributed by atoms with E-state index in [1.807, 2.05) is 12.1 Å². The highest BCUT2D eigenvalue weighted by molar-refractivity contribution is 5.39. The average molecular weight is 349 g/mol. The van der Waals surface area contributed by atoms with Crippen molar-refractivity contribution in [2.75, 3.05) is 31.1 Å². The molecule has 0 radical (unpaired) electrons. The van der Waals surface area contributed by atoms with E-state index in [0.717, 1.165) is 37.9 Å². The Kier molecular flexibility index (Phi) is 4.83. The van der Waals surface area contributed by atoms with Crippen LogP contribution in [0.1, 0.15) is 35.6 Å². The number of benzene rings is 1. The zero-order chi connectivity index (χ0) is 17.9. The van der Waals surface area contributed by atoms with Crippen molar-refractivity contribution in [1.29, 1.82) is 5.26 Å². The molecule has 134 valence electrons. The molecule has 2 aromatic rings. The first-order chi connectivity index (χ1) is 12.7. The van der Waals surface area contributed by atoms with Crippen LogP contribution in [0.5, 0.6) is 0 Å². The van der Waals surface area contributed by atoms with E-state index in [0.29, 0.717) is 12.1 Å². The zero-order valence-corrected chi connectivity index (χ0v) is 14.8. The van der Waals surface area contributed by atoms with Gasteiger partial charge in [0, 0.05) is 32.6 Å². The van der Waals surface area contributed by atoms with Gasteiger partial charge in [0.05, 0.1) is 0 Å². The summed E-state index contributed by atoms with van der Waals surface area (Å²) in [5.41, 5.74) is 2.94. The quantitative estimate of drug-likeness (QED) is 0.889. The molecule has 1 unspecified atom stereocenters. The molecule has 1 aliphatic carbocycles. The fraction of sp³-hybridized carbons (Fsp3) is 0.450. The van der Waals surface area contributed by atoms with Crippen molar-refractivity contribution < 1.29 is 5.11 Å². The SMILES string of the molecule is N#Cc1ccc(N2CCN(C(O)Cc3ccc(C4CC4)cc3)CC2)nn1. The smallest absolute Gasteiger partial charge is 0.163 e. The van der Waals surface area contributed by atoms with Crippen LogP contribution in [-0.4, -0.2) is 52.6 Å². The van der Waals surface area contributed by atoms with Crippen LogP contribution in [0.25, 0.3) is 0 Å². The summed E-state index contributed by atoms with van der Waals surface area (Å²) >= 11 is 0. The van der Waals surface area contributed by atoms with Gasteiger partial charge in [0.2, 0.25) is 0 Å². The standard InChI is InChI=1S/C20H23N5O/c21-14-18-7-8-19(23-22-18)24-9-11-25(12-10-24)20(26)13-15-1-3-16(4-2-15)17-5-6-17/h1-4,7-8,17,20,26H,5-6,9-13H2. The van der Waals surface area contributed by atoms with E-state index in [9.17, 15) is 5.11 Å². The number of rotatable bonds is 5. The minimum atomic E-state index is -0.462. The first-order valence-corrected chi connectivity index (χ1v) is 9.22. The second-order valence-electron chi connectivity index (χ2n) is 7.11. The van der Waals surface area contributed by atoms with Crippen LogP contribution in [0.3, 0.4) is 0 Å². The van der Waals surface area contributed by atoms with E-state index in [2.05, 4.69) is 44.3 Å². The lowest BCUT2D eigenvalue weighted by molar-refractivity contribution is 0.00101. The van der Waals surface area contributed by atoms with E-state index < -0.39 is 6.23 Å². The van der Waals surface area contributed by atoms with Crippen molar-refractivity contribution in [1.82, 2.24) is 15.1 Å². The molecular formula is C20H23N5O. The lowest BCUT2D eigenvalue weighted by Gasteiger charge is -2.37. The lowest BCUT2D eigenvalue weighted by Crippen LogP contribution is -2.51. The van der Waals surface area contributed by atoms with Crippen LogP contribution in [0, 0.1) is 11.3 Å². The van der Waals surface area contributed by atoms with Crippen molar-refractivity contribution in [2.45, 2.75) is 31.4 Å². The van der Waals surface area contributed by atoms with Crippen molar-refractivity contribution in [3.63, 3.8) is 0 Å². The summed E-state index contributed by atoms with van der Waals surface area (Å²) in [5, 5.41) is 27.4. The van der Waals surface area contributed by atoms with Gasteiger partial charge in [-0.15, -0.1) is 10.2 Å². The Morgan fingerprint density at radius 3 is 2.35 bits per heavy atom. The molecule has 1 aromatic heterocycles. The minimum Gasteiger partial charge on any atom is -0.378 e. The van der Waals surface area contributed by atoms with E-state index in [1.54, 1.807) is 6.07 Å². The lowest BCUT2D eigenvalue weighted by atomic mass is 10.1. The summed E-state index contributed by atoms with van der Waals surface area (Å²) in [6, 6.07) is 14.2. The highest BCUT2D eigenvalue weighted by Gasteiger charge is 2.25. The fourth-order valence-corrected chi connectivity index (χ4v) is 3.49.